The SMILES string of the molecule is CCC(C(=O)NC)N(C(=O)COC)c1c(C)cccc1C. The lowest BCUT2D eigenvalue weighted by Gasteiger charge is -2.32. The van der Waals surface area contributed by atoms with Gasteiger partial charge in [0.2, 0.25) is 5.91 Å². The minimum Gasteiger partial charge on any atom is -0.375 e. The Labute approximate surface area is 126 Å². The molecule has 0 saturated heterocycles. The lowest BCUT2D eigenvalue weighted by molar-refractivity contribution is -0.127. The number of hydrogen-bond donors (Lipinski definition) is 1. The van der Waals surface area contributed by atoms with Crippen molar-refractivity contribution in [1.82, 2.24) is 5.32 Å². The molecule has 0 bridgehead atoms. The zero-order valence-electron chi connectivity index (χ0n) is 13.4. The molecule has 0 heterocycles. The summed E-state index contributed by atoms with van der Waals surface area (Å²) < 4.78 is 4.97. The lowest BCUT2D eigenvalue weighted by atomic mass is 10.0. The number of aryl methyl sites for hydroxylation is 2. The minimum atomic E-state index is -0.544. The van der Waals surface area contributed by atoms with Crippen molar-refractivity contribution in [3.05, 3.63) is 29.3 Å². The summed E-state index contributed by atoms with van der Waals surface area (Å²) in [5, 5.41) is 2.63. The third-order valence-electron chi connectivity index (χ3n) is 3.46. The highest BCUT2D eigenvalue weighted by molar-refractivity contribution is 6.02. The Kier molecular flexibility index (Phi) is 6.37. The normalized spacial score (nSPS) is 11.9. The number of rotatable bonds is 6. The van der Waals surface area contributed by atoms with Crippen molar-refractivity contribution in [1.29, 1.82) is 0 Å². The maximum absolute atomic E-state index is 12.5. The first-order chi connectivity index (χ1) is 9.97. The van der Waals surface area contributed by atoms with Crippen LogP contribution in [0.1, 0.15) is 24.5 Å². The zero-order chi connectivity index (χ0) is 16.0. The number of para-hydroxylation sites is 1. The molecule has 5 nitrogen and oxygen atoms in total. The van der Waals surface area contributed by atoms with Crippen LogP contribution < -0.4 is 10.2 Å². The molecule has 5 heteroatoms. The molecule has 21 heavy (non-hydrogen) atoms. The van der Waals surface area contributed by atoms with Gasteiger partial charge in [-0.15, -0.1) is 0 Å². The van der Waals surface area contributed by atoms with Gasteiger partial charge in [0.15, 0.2) is 0 Å². The van der Waals surface area contributed by atoms with Gasteiger partial charge in [0, 0.05) is 14.2 Å². The third-order valence-corrected chi connectivity index (χ3v) is 3.46. The summed E-state index contributed by atoms with van der Waals surface area (Å²) in [6, 6.07) is 5.27. The molecule has 0 fully saturated rings. The topological polar surface area (TPSA) is 58.6 Å². The van der Waals surface area contributed by atoms with E-state index in [1.165, 1.54) is 7.11 Å². The molecule has 0 aliphatic heterocycles. The minimum absolute atomic E-state index is 0.0543. The number of ether oxygens (including phenoxy) is 1. The van der Waals surface area contributed by atoms with E-state index in [-0.39, 0.29) is 18.4 Å². The summed E-state index contributed by atoms with van der Waals surface area (Å²) in [5.41, 5.74) is 2.71. The average molecular weight is 292 g/mol. The number of methoxy groups -OCH3 is 1. The summed E-state index contributed by atoms with van der Waals surface area (Å²) >= 11 is 0. The number of hydrogen-bond acceptors (Lipinski definition) is 3. The van der Waals surface area contributed by atoms with Gasteiger partial charge in [0.05, 0.1) is 5.69 Å². The predicted molar refractivity (Wildman–Crippen MR) is 83.4 cm³/mol. The fourth-order valence-corrected chi connectivity index (χ4v) is 2.48. The Bertz CT molecular complexity index is 494. The standard InChI is InChI=1S/C16H24N2O3/c1-6-13(16(20)17-4)18(14(19)10-21-5)15-11(2)8-7-9-12(15)3/h7-9,13H,6,10H2,1-5H3,(H,17,20). The molecule has 1 atom stereocenters. The maximum Gasteiger partial charge on any atom is 0.253 e. The van der Waals surface area contributed by atoms with Crippen LogP contribution in [0, 0.1) is 13.8 Å². The van der Waals surface area contributed by atoms with Crippen molar-refractivity contribution in [2.45, 2.75) is 33.2 Å². The molecule has 116 valence electrons. The quantitative estimate of drug-likeness (QED) is 0.870. The van der Waals surface area contributed by atoms with Crippen molar-refractivity contribution < 1.29 is 14.3 Å². The number of likely N-dealkylation sites (N-methyl/N-ethyl adjacent to an activating group) is 1. The molecular formula is C16H24N2O3. The first-order valence-electron chi connectivity index (χ1n) is 7.06. The number of nitrogens with zero attached hydrogens (tertiary/aromatic N) is 1. The molecule has 0 spiro atoms. The van der Waals surface area contributed by atoms with Crippen molar-refractivity contribution >= 4 is 17.5 Å². The molecule has 1 aromatic rings. The summed E-state index contributed by atoms with van der Waals surface area (Å²) in [5.74, 6) is -0.394. The van der Waals surface area contributed by atoms with E-state index < -0.39 is 6.04 Å². The number of benzene rings is 1. The Hall–Kier alpha value is -1.88. The van der Waals surface area contributed by atoms with Gasteiger partial charge in [0.25, 0.3) is 5.91 Å². The fourth-order valence-electron chi connectivity index (χ4n) is 2.48. The highest BCUT2D eigenvalue weighted by Crippen LogP contribution is 2.27. The molecule has 1 N–H and O–H groups in total. The van der Waals surface area contributed by atoms with E-state index in [9.17, 15) is 9.59 Å². The van der Waals surface area contributed by atoms with E-state index in [2.05, 4.69) is 5.32 Å². The molecule has 1 aromatic carbocycles. The van der Waals surface area contributed by atoms with E-state index in [1.807, 2.05) is 39.0 Å². The van der Waals surface area contributed by atoms with Gasteiger partial charge < -0.3 is 10.1 Å². The van der Waals surface area contributed by atoms with E-state index >= 15 is 0 Å². The molecular weight excluding hydrogens is 268 g/mol. The van der Waals surface area contributed by atoms with Crippen molar-refractivity contribution in [2.24, 2.45) is 0 Å². The van der Waals surface area contributed by atoms with Gasteiger partial charge in [-0.3, -0.25) is 14.5 Å². The maximum atomic E-state index is 12.5. The summed E-state index contributed by atoms with van der Waals surface area (Å²) in [7, 11) is 3.05. The van der Waals surface area contributed by atoms with Crippen molar-refractivity contribution in [2.75, 3.05) is 25.7 Å². The fraction of sp³-hybridized carbons (Fsp3) is 0.500. The van der Waals surface area contributed by atoms with Gasteiger partial charge in [0.1, 0.15) is 12.6 Å². The summed E-state index contributed by atoms with van der Waals surface area (Å²) in [4.78, 5) is 26.2. The molecule has 2 amide bonds. The predicted octanol–water partition coefficient (Wildman–Crippen LogP) is 1.81. The molecule has 0 aromatic heterocycles. The average Bonchev–Trinajstić information content (AvgIpc) is 2.45. The molecule has 0 radical (unpaired) electrons. The van der Waals surface area contributed by atoms with E-state index in [4.69, 9.17) is 4.74 Å². The number of nitrogens with one attached hydrogen (secondary N) is 1. The number of amides is 2. The molecule has 0 aliphatic rings. The Morgan fingerprint density at radius 3 is 2.29 bits per heavy atom. The smallest absolute Gasteiger partial charge is 0.253 e. The van der Waals surface area contributed by atoms with Crippen LogP contribution in [-0.4, -0.2) is 38.6 Å². The molecule has 1 unspecified atom stereocenters. The number of anilines is 1. The van der Waals surface area contributed by atoms with Crippen LogP contribution in [0.5, 0.6) is 0 Å². The van der Waals surface area contributed by atoms with Gasteiger partial charge >= 0.3 is 0 Å². The largest absolute Gasteiger partial charge is 0.375 e. The van der Waals surface area contributed by atoms with Crippen molar-refractivity contribution in [3.8, 4) is 0 Å². The first kappa shape index (κ1) is 17.2. The van der Waals surface area contributed by atoms with E-state index in [0.717, 1.165) is 16.8 Å². The van der Waals surface area contributed by atoms with Crippen LogP contribution in [0.4, 0.5) is 5.69 Å². The van der Waals surface area contributed by atoms with Crippen molar-refractivity contribution in [3.63, 3.8) is 0 Å². The van der Waals surface area contributed by atoms with Crippen LogP contribution in [0.2, 0.25) is 0 Å². The monoisotopic (exact) mass is 292 g/mol. The van der Waals surface area contributed by atoms with Gasteiger partial charge in [-0.25, -0.2) is 0 Å². The highest BCUT2D eigenvalue weighted by Gasteiger charge is 2.30. The van der Waals surface area contributed by atoms with Crippen LogP contribution in [0.3, 0.4) is 0 Å². The number of carbonyl (C=O) groups excluding carboxylic acids is 2. The lowest BCUT2D eigenvalue weighted by Crippen LogP contribution is -2.50. The molecule has 0 aliphatic carbocycles. The van der Waals surface area contributed by atoms with Crippen LogP contribution in [0.25, 0.3) is 0 Å². The van der Waals surface area contributed by atoms with Gasteiger partial charge in [-0.1, -0.05) is 25.1 Å². The van der Waals surface area contributed by atoms with Crippen LogP contribution >= 0.6 is 0 Å². The van der Waals surface area contributed by atoms with Gasteiger partial charge in [-0.05, 0) is 31.4 Å². The Morgan fingerprint density at radius 2 is 1.86 bits per heavy atom. The Morgan fingerprint density at radius 1 is 1.29 bits per heavy atom. The van der Waals surface area contributed by atoms with Crippen LogP contribution in [-0.2, 0) is 14.3 Å². The van der Waals surface area contributed by atoms with E-state index in [1.54, 1.807) is 11.9 Å². The van der Waals surface area contributed by atoms with Gasteiger partial charge in [-0.2, -0.15) is 0 Å². The number of carbonyl (C=O) groups is 2. The summed E-state index contributed by atoms with van der Waals surface area (Å²) in [6.07, 6.45) is 0.531. The zero-order valence-corrected chi connectivity index (χ0v) is 13.4. The molecule has 0 saturated carbocycles. The van der Waals surface area contributed by atoms with Crippen LogP contribution in [0.15, 0.2) is 18.2 Å². The Balaban J connectivity index is 3.37. The second-order valence-corrected chi connectivity index (χ2v) is 4.98. The third kappa shape index (κ3) is 3.82. The second kappa shape index (κ2) is 7.78. The first-order valence-corrected chi connectivity index (χ1v) is 7.06. The summed E-state index contributed by atoms with van der Waals surface area (Å²) in [6.45, 7) is 5.71. The molecule has 1 rings (SSSR count). The van der Waals surface area contributed by atoms with E-state index in [0.29, 0.717) is 6.42 Å². The highest BCUT2D eigenvalue weighted by atomic mass is 16.5. The second-order valence-electron chi connectivity index (χ2n) is 4.98.